The van der Waals surface area contributed by atoms with Crippen LogP contribution in [0.5, 0.6) is 11.5 Å². The second kappa shape index (κ2) is 7.86. The zero-order valence-corrected chi connectivity index (χ0v) is 15.4. The lowest BCUT2D eigenvalue weighted by molar-refractivity contribution is -0.127. The van der Waals surface area contributed by atoms with E-state index < -0.39 is 18.5 Å². The fourth-order valence-electron chi connectivity index (χ4n) is 2.93. The summed E-state index contributed by atoms with van der Waals surface area (Å²) >= 11 is 0. The SMILES string of the molecule is O=C(Nc1cccc(Oc2ccncc2)c1)c1nc2c(CC(F)(F)F)cccc2[nH]1. The number of halogens is 3. The van der Waals surface area contributed by atoms with Crippen LogP contribution in [0.15, 0.2) is 67.0 Å². The van der Waals surface area contributed by atoms with E-state index in [1.807, 2.05) is 0 Å². The van der Waals surface area contributed by atoms with Crippen LogP contribution < -0.4 is 10.1 Å². The smallest absolute Gasteiger partial charge is 0.393 e. The third-order valence-electron chi connectivity index (χ3n) is 4.18. The molecule has 0 saturated carbocycles. The van der Waals surface area contributed by atoms with E-state index in [9.17, 15) is 18.0 Å². The second-order valence-corrected chi connectivity index (χ2v) is 6.46. The molecular formula is C21H15F3N4O2. The number of anilines is 1. The third kappa shape index (κ3) is 4.57. The van der Waals surface area contributed by atoms with Crippen LogP contribution >= 0.6 is 0 Å². The van der Waals surface area contributed by atoms with Crippen LogP contribution in [0.1, 0.15) is 16.2 Å². The number of benzene rings is 2. The number of pyridine rings is 1. The number of ether oxygens (including phenoxy) is 1. The number of aromatic nitrogens is 3. The Morgan fingerprint density at radius 3 is 2.57 bits per heavy atom. The highest BCUT2D eigenvalue weighted by Gasteiger charge is 2.29. The molecule has 30 heavy (non-hydrogen) atoms. The Hall–Kier alpha value is -3.88. The minimum Gasteiger partial charge on any atom is -0.457 e. The first kappa shape index (κ1) is 19.4. The Morgan fingerprint density at radius 1 is 1.03 bits per heavy atom. The molecule has 0 unspecified atom stereocenters. The van der Waals surface area contributed by atoms with Crippen LogP contribution in [0.2, 0.25) is 0 Å². The van der Waals surface area contributed by atoms with Crippen molar-refractivity contribution < 1.29 is 22.7 Å². The van der Waals surface area contributed by atoms with Gasteiger partial charge in [-0.25, -0.2) is 4.98 Å². The predicted molar refractivity (Wildman–Crippen MR) is 105 cm³/mol. The fraction of sp³-hybridized carbons (Fsp3) is 0.0952. The van der Waals surface area contributed by atoms with Gasteiger partial charge in [-0.15, -0.1) is 0 Å². The molecule has 0 radical (unpaired) electrons. The average molecular weight is 412 g/mol. The highest BCUT2D eigenvalue weighted by Crippen LogP contribution is 2.27. The molecule has 9 heteroatoms. The van der Waals surface area contributed by atoms with Gasteiger partial charge in [-0.2, -0.15) is 13.2 Å². The number of nitrogens with zero attached hydrogens (tertiary/aromatic N) is 2. The molecule has 2 aromatic heterocycles. The molecule has 0 spiro atoms. The number of fused-ring (bicyclic) bond motifs is 1. The lowest BCUT2D eigenvalue weighted by atomic mass is 10.1. The van der Waals surface area contributed by atoms with Gasteiger partial charge < -0.3 is 15.0 Å². The predicted octanol–water partition coefficient (Wildman–Crippen LogP) is 5.11. The maximum absolute atomic E-state index is 12.8. The average Bonchev–Trinajstić information content (AvgIpc) is 3.14. The Balaban J connectivity index is 1.53. The van der Waals surface area contributed by atoms with E-state index >= 15 is 0 Å². The van der Waals surface area contributed by atoms with E-state index in [2.05, 4.69) is 20.3 Å². The molecular weight excluding hydrogens is 397 g/mol. The lowest BCUT2D eigenvalue weighted by Gasteiger charge is -2.08. The summed E-state index contributed by atoms with van der Waals surface area (Å²) in [6.07, 6.45) is -2.30. The van der Waals surface area contributed by atoms with Crippen molar-refractivity contribution >= 4 is 22.6 Å². The first-order chi connectivity index (χ1) is 14.4. The highest BCUT2D eigenvalue weighted by molar-refractivity contribution is 6.03. The largest absolute Gasteiger partial charge is 0.457 e. The van der Waals surface area contributed by atoms with E-state index in [0.29, 0.717) is 22.7 Å². The molecule has 2 heterocycles. The summed E-state index contributed by atoms with van der Waals surface area (Å²) in [4.78, 5) is 23.3. The zero-order valence-electron chi connectivity index (χ0n) is 15.4. The first-order valence-corrected chi connectivity index (χ1v) is 8.91. The van der Waals surface area contributed by atoms with Crippen LogP contribution in [-0.4, -0.2) is 27.0 Å². The van der Waals surface area contributed by atoms with E-state index in [4.69, 9.17) is 4.74 Å². The van der Waals surface area contributed by atoms with Crippen LogP contribution in [0, 0.1) is 0 Å². The van der Waals surface area contributed by atoms with Gasteiger partial charge in [0, 0.05) is 24.1 Å². The van der Waals surface area contributed by atoms with Crippen LogP contribution in [0.4, 0.5) is 18.9 Å². The maximum atomic E-state index is 12.8. The number of aromatic amines is 1. The molecule has 0 aliphatic heterocycles. The van der Waals surface area contributed by atoms with Gasteiger partial charge in [0.15, 0.2) is 5.82 Å². The summed E-state index contributed by atoms with van der Waals surface area (Å²) in [5.41, 5.74) is 0.928. The van der Waals surface area contributed by atoms with Gasteiger partial charge in [-0.05, 0) is 35.9 Å². The number of amides is 1. The number of nitrogens with one attached hydrogen (secondary N) is 2. The Labute approximate surface area is 168 Å². The third-order valence-corrected chi connectivity index (χ3v) is 4.18. The number of H-pyrrole nitrogens is 1. The lowest BCUT2D eigenvalue weighted by Crippen LogP contribution is -2.14. The van der Waals surface area contributed by atoms with Gasteiger partial charge in [0.25, 0.3) is 5.91 Å². The zero-order chi connectivity index (χ0) is 21.1. The maximum Gasteiger partial charge on any atom is 0.393 e. The molecule has 2 N–H and O–H groups in total. The molecule has 0 bridgehead atoms. The van der Waals surface area contributed by atoms with Crippen molar-refractivity contribution in [3.8, 4) is 11.5 Å². The van der Waals surface area contributed by atoms with Crippen molar-refractivity contribution in [1.29, 1.82) is 0 Å². The number of rotatable bonds is 5. The van der Waals surface area contributed by atoms with Gasteiger partial charge in [0.2, 0.25) is 0 Å². The number of hydrogen-bond donors (Lipinski definition) is 2. The van der Waals surface area contributed by atoms with Gasteiger partial charge in [0.1, 0.15) is 11.5 Å². The van der Waals surface area contributed by atoms with Crippen LogP contribution in [-0.2, 0) is 6.42 Å². The van der Waals surface area contributed by atoms with Crippen molar-refractivity contribution in [3.05, 3.63) is 78.4 Å². The van der Waals surface area contributed by atoms with Crippen molar-refractivity contribution in [2.24, 2.45) is 0 Å². The summed E-state index contributed by atoms with van der Waals surface area (Å²) in [6.45, 7) is 0. The van der Waals surface area contributed by atoms with Crippen LogP contribution in [0.3, 0.4) is 0 Å². The molecule has 1 amide bonds. The Bertz CT molecular complexity index is 1190. The summed E-state index contributed by atoms with van der Waals surface area (Å²) in [5.74, 6) is 0.421. The molecule has 0 aliphatic rings. The molecule has 0 saturated heterocycles. The van der Waals surface area contributed by atoms with Crippen LogP contribution in [0.25, 0.3) is 11.0 Å². The topological polar surface area (TPSA) is 79.9 Å². The number of carbonyl (C=O) groups is 1. The summed E-state index contributed by atoms with van der Waals surface area (Å²) in [7, 11) is 0. The molecule has 2 aromatic carbocycles. The molecule has 6 nitrogen and oxygen atoms in total. The van der Waals surface area contributed by atoms with Crippen molar-refractivity contribution in [1.82, 2.24) is 15.0 Å². The summed E-state index contributed by atoms with van der Waals surface area (Å²) in [5, 5.41) is 2.67. The quantitative estimate of drug-likeness (QED) is 0.478. The molecule has 4 rings (SSSR count). The minimum atomic E-state index is -4.37. The number of para-hydroxylation sites is 1. The van der Waals surface area contributed by atoms with Crippen molar-refractivity contribution in [2.45, 2.75) is 12.6 Å². The number of alkyl halides is 3. The molecule has 152 valence electrons. The molecule has 4 aromatic rings. The molecule has 0 fully saturated rings. The monoisotopic (exact) mass is 412 g/mol. The number of hydrogen-bond acceptors (Lipinski definition) is 4. The van der Waals surface area contributed by atoms with Gasteiger partial charge >= 0.3 is 6.18 Å². The molecule has 0 atom stereocenters. The van der Waals surface area contributed by atoms with Crippen molar-refractivity contribution in [3.63, 3.8) is 0 Å². The van der Waals surface area contributed by atoms with Gasteiger partial charge in [-0.1, -0.05) is 18.2 Å². The standard InChI is InChI=1S/C21H15F3N4O2/c22-21(23,24)12-13-3-1-6-17-18(13)28-19(27-17)20(29)26-14-4-2-5-16(11-14)30-15-7-9-25-10-8-15/h1-11H,12H2,(H,26,29)(H,27,28). The first-order valence-electron chi connectivity index (χ1n) is 8.91. The number of imidazole rings is 1. The van der Waals surface area contributed by atoms with Gasteiger partial charge in [0.05, 0.1) is 17.5 Å². The van der Waals surface area contributed by atoms with E-state index in [0.717, 1.165) is 0 Å². The summed E-state index contributed by atoms with van der Waals surface area (Å²) in [6, 6.07) is 14.5. The van der Waals surface area contributed by atoms with Crippen molar-refractivity contribution in [2.75, 3.05) is 5.32 Å². The highest BCUT2D eigenvalue weighted by atomic mass is 19.4. The Kier molecular flexibility index (Phi) is 5.09. The minimum absolute atomic E-state index is 0.00282. The van der Waals surface area contributed by atoms with E-state index in [-0.39, 0.29) is 16.9 Å². The second-order valence-electron chi connectivity index (χ2n) is 6.46. The Morgan fingerprint density at radius 2 is 1.80 bits per heavy atom. The fourth-order valence-corrected chi connectivity index (χ4v) is 2.93. The van der Waals surface area contributed by atoms with E-state index in [1.165, 1.54) is 12.1 Å². The normalized spacial score (nSPS) is 11.4. The number of carbonyl (C=O) groups excluding carboxylic acids is 1. The van der Waals surface area contributed by atoms with E-state index in [1.54, 1.807) is 54.9 Å². The van der Waals surface area contributed by atoms with Gasteiger partial charge in [-0.3, -0.25) is 9.78 Å². The summed E-state index contributed by atoms with van der Waals surface area (Å²) < 4.78 is 44.0. The molecule has 0 aliphatic carbocycles.